The monoisotopic (exact) mass is 358 g/mol. The number of halogens is 1. The molecule has 25 heavy (non-hydrogen) atoms. The van der Waals surface area contributed by atoms with Crippen molar-refractivity contribution in [2.45, 2.75) is 50.2 Å². The van der Waals surface area contributed by atoms with Gasteiger partial charge in [-0.05, 0) is 48.8 Å². The summed E-state index contributed by atoms with van der Waals surface area (Å²) in [7, 11) is 1.81. The lowest BCUT2D eigenvalue weighted by Crippen LogP contribution is -2.28. The van der Waals surface area contributed by atoms with Gasteiger partial charge in [-0.2, -0.15) is 0 Å². The first-order valence-electron chi connectivity index (χ1n) is 9.17. The zero-order valence-corrected chi connectivity index (χ0v) is 15.6. The molecule has 134 valence electrons. The van der Waals surface area contributed by atoms with E-state index in [0.29, 0.717) is 18.6 Å². The van der Waals surface area contributed by atoms with Crippen molar-refractivity contribution in [1.29, 1.82) is 0 Å². The summed E-state index contributed by atoms with van der Waals surface area (Å²) in [6, 6.07) is 18.5. The van der Waals surface area contributed by atoms with Crippen LogP contribution in [0.3, 0.4) is 0 Å². The maximum atomic E-state index is 6.79. The Hall–Kier alpha value is -1.51. The van der Waals surface area contributed by atoms with Crippen LogP contribution in [0.1, 0.15) is 36.8 Å². The summed E-state index contributed by atoms with van der Waals surface area (Å²) in [6.07, 6.45) is 5.84. The maximum absolute atomic E-state index is 6.79. The molecule has 2 aromatic rings. The molecule has 0 aromatic heterocycles. The predicted molar refractivity (Wildman–Crippen MR) is 103 cm³/mol. The lowest BCUT2D eigenvalue weighted by molar-refractivity contribution is 0.0498. The average Bonchev–Trinajstić information content (AvgIpc) is 2.68. The number of hydrogen-bond acceptors (Lipinski definition) is 2. The number of methoxy groups -OCH3 is 1. The second-order valence-electron chi connectivity index (χ2n) is 6.89. The van der Waals surface area contributed by atoms with Crippen LogP contribution in [0.25, 0.3) is 0 Å². The minimum Gasteiger partial charge on any atom is -0.489 e. The van der Waals surface area contributed by atoms with Gasteiger partial charge in [0.05, 0.1) is 6.10 Å². The fourth-order valence-electron chi connectivity index (χ4n) is 3.65. The third kappa shape index (κ3) is 5.23. The van der Waals surface area contributed by atoms with E-state index in [4.69, 9.17) is 21.1 Å². The van der Waals surface area contributed by atoms with Gasteiger partial charge in [-0.25, -0.2) is 0 Å². The fraction of sp³-hybridized carbons (Fsp3) is 0.455. The number of alkyl halides is 1. The number of ether oxygens (including phenoxy) is 2. The average molecular weight is 359 g/mol. The normalized spacial score (nSPS) is 21.7. The number of benzene rings is 2. The third-order valence-electron chi connectivity index (χ3n) is 5.14. The molecule has 3 rings (SSSR count). The molecule has 1 saturated carbocycles. The van der Waals surface area contributed by atoms with E-state index in [2.05, 4.69) is 24.3 Å². The first-order chi connectivity index (χ1) is 12.3. The van der Waals surface area contributed by atoms with Crippen LogP contribution in [-0.4, -0.2) is 18.6 Å². The minimum absolute atomic E-state index is 0.124. The molecular formula is C22H27ClO2. The van der Waals surface area contributed by atoms with Gasteiger partial charge in [0, 0.05) is 12.5 Å². The molecular weight excluding hydrogens is 332 g/mol. The van der Waals surface area contributed by atoms with Crippen LogP contribution < -0.4 is 4.74 Å². The molecule has 3 atom stereocenters. The molecule has 3 heteroatoms. The van der Waals surface area contributed by atoms with E-state index in [-0.39, 0.29) is 5.38 Å². The Morgan fingerprint density at radius 3 is 2.60 bits per heavy atom. The lowest BCUT2D eigenvalue weighted by atomic mass is 9.83. The van der Waals surface area contributed by atoms with Crippen LogP contribution in [0.5, 0.6) is 5.75 Å². The highest BCUT2D eigenvalue weighted by Gasteiger charge is 2.28. The number of rotatable bonds is 7. The molecule has 2 aromatic carbocycles. The van der Waals surface area contributed by atoms with Gasteiger partial charge in [-0.1, -0.05) is 55.0 Å². The second kappa shape index (κ2) is 9.26. The Balaban J connectivity index is 1.62. The van der Waals surface area contributed by atoms with Crippen molar-refractivity contribution in [2.24, 2.45) is 5.92 Å². The molecule has 0 spiro atoms. The van der Waals surface area contributed by atoms with Gasteiger partial charge in [-0.3, -0.25) is 0 Å². The zero-order valence-electron chi connectivity index (χ0n) is 14.9. The van der Waals surface area contributed by atoms with E-state index < -0.39 is 0 Å². The molecule has 1 unspecified atom stereocenters. The van der Waals surface area contributed by atoms with Crippen molar-refractivity contribution in [3.05, 3.63) is 65.7 Å². The largest absolute Gasteiger partial charge is 0.489 e. The Bertz CT molecular complexity index is 643. The van der Waals surface area contributed by atoms with E-state index >= 15 is 0 Å². The molecule has 0 amide bonds. The third-order valence-corrected chi connectivity index (χ3v) is 5.65. The van der Waals surface area contributed by atoms with E-state index in [1.54, 1.807) is 0 Å². The molecule has 0 radical (unpaired) electrons. The summed E-state index contributed by atoms with van der Waals surface area (Å²) in [6.45, 7) is 0.583. The maximum Gasteiger partial charge on any atom is 0.123 e. The van der Waals surface area contributed by atoms with Crippen molar-refractivity contribution in [3.63, 3.8) is 0 Å². The number of hydrogen-bond donors (Lipinski definition) is 0. The van der Waals surface area contributed by atoms with Gasteiger partial charge in [-0.15, -0.1) is 11.6 Å². The Morgan fingerprint density at radius 2 is 1.80 bits per heavy atom. The van der Waals surface area contributed by atoms with Crippen LogP contribution in [0.2, 0.25) is 0 Å². The fourth-order valence-corrected chi connectivity index (χ4v) is 4.04. The van der Waals surface area contributed by atoms with Crippen LogP contribution in [0, 0.1) is 5.92 Å². The topological polar surface area (TPSA) is 18.5 Å². The summed E-state index contributed by atoms with van der Waals surface area (Å²) in [5, 5.41) is 0.124. The lowest BCUT2D eigenvalue weighted by Gasteiger charge is -2.31. The first-order valence-corrected chi connectivity index (χ1v) is 9.61. The van der Waals surface area contributed by atoms with Gasteiger partial charge in [0.2, 0.25) is 0 Å². The molecule has 2 nitrogen and oxygen atoms in total. The van der Waals surface area contributed by atoms with Crippen molar-refractivity contribution < 1.29 is 9.47 Å². The number of para-hydroxylation sites is 1. The van der Waals surface area contributed by atoms with Gasteiger partial charge >= 0.3 is 0 Å². The van der Waals surface area contributed by atoms with Crippen molar-refractivity contribution in [3.8, 4) is 5.75 Å². The van der Waals surface area contributed by atoms with Crippen LogP contribution >= 0.6 is 11.6 Å². The highest BCUT2D eigenvalue weighted by molar-refractivity contribution is 6.21. The zero-order chi connectivity index (χ0) is 17.5. The molecule has 0 aliphatic heterocycles. The summed E-state index contributed by atoms with van der Waals surface area (Å²) in [5.41, 5.74) is 2.37. The summed E-state index contributed by atoms with van der Waals surface area (Å²) in [4.78, 5) is 0. The highest BCUT2D eigenvalue weighted by Crippen LogP contribution is 2.34. The predicted octanol–water partition coefficient (Wildman–Crippen LogP) is 5.62. The van der Waals surface area contributed by atoms with Crippen LogP contribution in [0.4, 0.5) is 0 Å². The standard InChI is InChI=1S/C22H27ClO2/c1-24-20-12-7-11-18(14-20)21(23)15-19-10-5-6-13-22(19)25-16-17-8-3-2-4-9-17/h2-6,8-10,13,18,20-21H,7,11-12,14-16H2,1H3/t18-,20+,21?/m0/s1. The Labute approximate surface area is 156 Å². The van der Waals surface area contributed by atoms with Gasteiger partial charge < -0.3 is 9.47 Å². The van der Waals surface area contributed by atoms with Crippen molar-refractivity contribution >= 4 is 11.6 Å². The van der Waals surface area contributed by atoms with Crippen LogP contribution in [-0.2, 0) is 17.8 Å². The van der Waals surface area contributed by atoms with Crippen LogP contribution in [0.15, 0.2) is 54.6 Å². The summed E-state index contributed by atoms with van der Waals surface area (Å²) >= 11 is 6.79. The quantitative estimate of drug-likeness (QED) is 0.598. The molecule has 0 heterocycles. The summed E-state index contributed by atoms with van der Waals surface area (Å²) < 4.78 is 11.6. The molecule has 0 N–H and O–H groups in total. The van der Waals surface area contributed by atoms with Gasteiger partial charge in [0.25, 0.3) is 0 Å². The Kier molecular flexibility index (Phi) is 6.77. The summed E-state index contributed by atoms with van der Waals surface area (Å²) in [5.74, 6) is 1.46. The van der Waals surface area contributed by atoms with Crippen molar-refractivity contribution in [2.75, 3.05) is 7.11 Å². The van der Waals surface area contributed by atoms with E-state index in [9.17, 15) is 0 Å². The molecule has 0 saturated heterocycles. The first kappa shape index (κ1) is 18.3. The smallest absolute Gasteiger partial charge is 0.123 e. The SMILES string of the molecule is CO[C@@H]1CCC[C@H](C(Cl)Cc2ccccc2OCc2ccccc2)C1. The highest BCUT2D eigenvalue weighted by atomic mass is 35.5. The van der Waals surface area contributed by atoms with Crippen molar-refractivity contribution in [1.82, 2.24) is 0 Å². The molecule has 1 fully saturated rings. The van der Waals surface area contributed by atoms with E-state index in [1.807, 2.05) is 37.4 Å². The van der Waals surface area contributed by atoms with E-state index in [0.717, 1.165) is 25.0 Å². The second-order valence-corrected chi connectivity index (χ2v) is 7.45. The molecule has 0 bridgehead atoms. The van der Waals surface area contributed by atoms with Gasteiger partial charge in [0.15, 0.2) is 0 Å². The molecule has 1 aliphatic carbocycles. The van der Waals surface area contributed by atoms with E-state index in [1.165, 1.54) is 24.0 Å². The molecule has 1 aliphatic rings. The van der Waals surface area contributed by atoms with Gasteiger partial charge in [0.1, 0.15) is 12.4 Å². The Morgan fingerprint density at radius 1 is 1.04 bits per heavy atom. The minimum atomic E-state index is 0.124.